The quantitative estimate of drug-likeness (QED) is 0.0474. The first-order valence-electron chi connectivity index (χ1n) is 28.1. The van der Waals surface area contributed by atoms with E-state index in [9.17, 15) is 81.7 Å². The Bertz CT molecular complexity index is 2170. The molecular formula is C54H88O25. The fourth-order valence-electron chi connectivity index (χ4n) is 16.6. The lowest BCUT2D eigenvalue weighted by Gasteiger charge is -2.72. The Morgan fingerprint density at radius 2 is 1.08 bits per heavy atom. The molecule has 30 unspecified atom stereocenters. The zero-order valence-electron chi connectivity index (χ0n) is 45.7. The number of carbonyl (C=O) groups is 1. The summed E-state index contributed by atoms with van der Waals surface area (Å²) in [5.74, 6) is -1.30. The maximum absolute atomic E-state index is 15.1. The molecule has 0 radical (unpaired) electrons. The second-order valence-corrected chi connectivity index (χ2v) is 26.3. The summed E-state index contributed by atoms with van der Waals surface area (Å²) in [6.07, 6.45) is -29.0. The topological polar surface area (TPSA) is 415 Å². The van der Waals surface area contributed by atoms with Crippen molar-refractivity contribution >= 4 is 5.97 Å². The Morgan fingerprint density at radius 3 is 1.68 bits per heavy atom. The van der Waals surface area contributed by atoms with Gasteiger partial charge in [-0.05, 0) is 97.2 Å². The molecule has 25 heteroatoms. The molecule has 0 spiro atoms. The molecule has 25 nitrogen and oxygen atoms in total. The van der Waals surface area contributed by atoms with Crippen molar-refractivity contribution in [2.45, 2.75) is 234 Å². The lowest BCUT2D eigenvalue weighted by molar-refractivity contribution is -0.374. The van der Waals surface area contributed by atoms with Crippen LogP contribution in [0.15, 0.2) is 11.6 Å². The third-order valence-electron chi connectivity index (χ3n) is 21.5. The maximum Gasteiger partial charge on any atom is 0.315 e. The van der Waals surface area contributed by atoms with Gasteiger partial charge in [-0.15, -0.1) is 0 Å². The number of hydrogen-bond acceptors (Lipinski definition) is 25. The molecule has 8 fully saturated rings. The number of allylic oxidation sites excluding steroid dienone is 2. The van der Waals surface area contributed by atoms with Crippen LogP contribution in [0.5, 0.6) is 0 Å². The monoisotopic (exact) mass is 1140 g/mol. The molecular weight excluding hydrogens is 1050 g/mol. The summed E-state index contributed by atoms with van der Waals surface area (Å²) < 4.78 is 46.7. The van der Waals surface area contributed by atoms with Gasteiger partial charge in [0.15, 0.2) is 18.9 Å². The summed E-state index contributed by atoms with van der Waals surface area (Å²) in [6, 6.07) is 0. The van der Waals surface area contributed by atoms with Gasteiger partial charge in [0.1, 0.15) is 97.7 Å². The van der Waals surface area contributed by atoms with Crippen LogP contribution in [-0.4, -0.2) is 256 Å². The normalized spacial score (nSPS) is 54.6. The van der Waals surface area contributed by atoms with E-state index in [2.05, 4.69) is 40.7 Å². The van der Waals surface area contributed by atoms with Crippen LogP contribution < -0.4 is 0 Å². The summed E-state index contributed by atoms with van der Waals surface area (Å²) in [7, 11) is 0. The van der Waals surface area contributed by atoms with Crippen molar-refractivity contribution in [1.29, 1.82) is 0 Å². The molecule has 16 N–H and O–H groups in total. The summed E-state index contributed by atoms with van der Waals surface area (Å²) in [5, 5.41) is 172. The van der Waals surface area contributed by atoms with Gasteiger partial charge < -0.3 is 120 Å². The molecule has 4 heterocycles. The zero-order chi connectivity index (χ0) is 57.9. The second kappa shape index (κ2) is 22.6. The number of hydrogen-bond donors (Lipinski definition) is 16. The number of fused-ring (bicyclic) bond motifs is 7. The molecule has 0 aromatic carbocycles. The average molecular weight is 1140 g/mol. The Morgan fingerprint density at radius 1 is 0.557 bits per heavy atom. The molecule has 30 atom stereocenters. The molecule has 4 saturated heterocycles. The maximum atomic E-state index is 15.1. The van der Waals surface area contributed by atoms with Crippen molar-refractivity contribution in [3.05, 3.63) is 11.6 Å². The second-order valence-electron chi connectivity index (χ2n) is 26.3. The van der Waals surface area contributed by atoms with Crippen molar-refractivity contribution in [2.24, 2.45) is 50.2 Å². The predicted molar refractivity (Wildman–Crippen MR) is 266 cm³/mol. The fourth-order valence-corrected chi connectivity index (χ4v) is 16.6. The number of aliphatic hydroxyl groups excluding tert-OH is 16. The Labute approximate surface area is 458 Å². The largest absolute Gasteiger partial charge is 0.432 e. The van der Waals surface area contributed by atoms with Crippen molar-refractivity contribution in [2.75, 3.05) is 33.0 Å². The van der Waals surface area contributed by atoms with Gasteiger partial charge in [-0.2, -0.15) is 0 Å². The van der Waals surface area contributed by atoms with Crippen LogP contribution in [0.25, 0.3) is 0 Å². The first-order valence-corrected chi connectivity index (χ1v) is 28.1. The minimum atomic E-state index is -1.87. The van der Waals surface area contributed by atoms with Gasteiger partial charge in [-0.1, -0.05) is 53.2 Å². The van der Waals surface area contributed by atoms with Gasteiger partial charge in [-0.3, -0.25) is 4.79 Å². The number of aliphatic hydroxyl groups is 16. The summed E-state index contributed by atoms with van der Waals surface area (Å²) in [6.45, 7) is 9.52. The number of esters is 1. The Balaban J connectivity index is 0.923. The van der Waals surface area contributed by atoms with Gasteiger partial charge in [0, 0.05) is 5.41 Å². The van der Waals surface area contributed by atoms with E-state index in [0.29, 0.717) is 51.4 Å². The van der Waals surface area contributed by atoms with Gasteiger partial charge in [-0.25, -0.2) is 0 Å². The highest BCUT2D eigenvalue weighted by Crippen LogP contribution is 2.76. The highest BCUT2D eigenvalue weighted by atomic mass is 16.8. The summed E-state index contributed by atoms with van der Waals surface area (Å²) >= 11 is 0. The first kappa shape index (κ1) is 61.8. The van der Waals surface area contributed by atoms with Crippen molar-refractivity contribution in [3.63, 3.8) is 0 Å². The third kappa shape index (κ3) is 10.1. The molecule has 5 aliphatic carbocycles. The lowest BCUT2D eigenvalue weighted by Crippen LogP contribution is -2.70. The predicted octanol–water partition coefficient (Wildman–Crippen LogP) is -4.09. The van der Waals surface area contributed by atoms with E-state index >= 15 is 4.79 Å². The molecule has 0 amide bonds. The molecule has 0 bridgehead atoms. The third-order valence-corrected chi connectivity index (χ3v) is 21.5. The van der Waals surface area contributed by atoms with E-state index in [1.165, 1.54) is 0 Å². The molecule has 9 rings (SSSR count). The van der Waals surface area contributed by atoms with Gasteiger partial charge >= 0.3 is 5.97 Å². The molecule has 0 aromatic heterocycles. The van der Waals surface area contributed by atoms with Crippen molar-refractivity contribution in [3.8, 4) is 0 Å². The highest BCUT2D eigenvalue weighted by Gasteiger charge is 2.72. The van der Waals surface area contributed by atoms with E-state index < -0.39 is 201 Å². The Kier molecular flexibility index (Phi) is 17.7. The standard InChI is InChI=1S/C54H88O25/c1-49(2)11-13-54(48(71)79-47-40(69)36(65)33(62)28(76-47)20-72-44-38(67)34(63)31(60)25(17-55)73-44)14-12-52(5)22(23(54)15-49)7-8-30-50(3)16-24(59)43(51(4,21-58)29(50)9-10-53(30,52)6)78-46-41(70)37(66)42(27(19-57)75-46)77-45-39(68)35(64)32(61)26(18-56)74-45/h7,23-47,55-70H,8-21H2,1-6H3. The number of rotatable bonds is 13. The molecule has 4 saturated carbocycles. The van der Waals surface area contributed by atoms with Gasteiger partial charge in [0.2, 0.25) is 6.29 Å². The number of carbonyl (C=O) groups excluding carboxylic acids is 1. The molecule has 0 aromatic rings. The van der Waals surface area contributed by atoms with Crippen LogP contribution in [0.4, 0.5) is 0 Å². The van der Waals surface area contributed by atoms with E-state index in [1.54, 1.807) is 0 Å². The molecule has 79 heavy (non-hydrogen) atoms. The number of ether oxygens (including phenoxy) is 8. The average Bonchev–Trinajstić information content (AvgIpc) is 3.42. The Hall–Kier alpha value is -1.71. The van der Waals surface area contributed by atoms with Crippen LogP contribution in [0.1, 0.15) is 99.3 Å². The van der Waals surface area contributed by atoms with Crippen LogP contribution in [0.3, 0.4) is 0 Å². The van der Waals surface area contributed by atoms with E-state index in [-0.39, 0.29) is 29.6 Å². The smallest absolute Gasteiger partial charge is 0.315 e. The minimum Gasteiger partial charge on any atom is -0.432 e. The van der Waals surface area contributed by atoms with Crippen molar-refractivity contribution in [1.82, 2.24) is 0 Å². The fraction of sp³-hybridized carbons (Fsp3) is 0.944. The van der Waals surface area contributed by atoms with Crippen LogP contribution in [0.2, 0.25) is 0 Å². The minimum absolute atomic E-state index is 0.0664. The zero-order valence-corrected chi connectivity index (χ0v) is 45.7. The molecule has 9 aliphatic rings. The van der Waals surface area contributed by atoms with E-state index in [1.807, 2.05) is 6.92 Å². The molecule has 454 valence electrons. The highest BCUT2D eigenvalue weighted by molar-refractivity contribution is 5.79. The van der Waals surface area contributed by atoms with E-state index in [0.717, 1.165) is 5.57 Å². The van der Waals surface area contributed by atoms with Gasteiger partial charge in [0.25, 0.3) is 0 Å². The SMILES string of the molecule is CC1(C)CCC2(C(=O)OC3OC(COC4OC(CO)C(O)C(O)C4O)C(O)C(O)C3O)CCC3(C)C(=CCC4C5(C)CC(O)C(OC6OC(CO)C(OC7OC(CO)C(O)C(O)C7O)C(O)C6O)C(C)(CO)C5CCC43C)C2C1. The molecule has 4 aliphatic heterocycles. The summed E-state index contributed by atoms with van der Waals surface area (Å²) in [4.78, 5) is 15.1. The van der Waals surface area contributed by atoms with Gasteiger partial charge in [0.05, 0.1) is 50.7 Å². The van der Waals surface area contributed by atoms with Crippen molar-refractivity contribution < 1.29 is 124 Å². The van der Waals surface area contributed by atoms with Crippen LogP contribution in [-0.2, 0) is 42.7 Å². The summed E-state index contributed by atoms with van der Waals surface area (Å²) in [5.41, 5.74) is -2.86. The van der Waals surface area contributed by atoms with Crippen LogP contribution >= 0.6 is 0 Å². The first-order chi connectivity index (χ1) is 37.0. The van der Waals surface area contributed by atoms with E-state index in [4.69, 9.17) is 37.9 Å². The lowest BCUT2D eigenvalue weighted by atomic mass is 9.33. The van der Waals surface area contributed by atoms with Crippen LogP contribution in [0, 0.1) is 50.2 Å².